The highest BCUT2D eigenvalue weighted by atomic mass is 16.3. The summed E-state index contributed by atoms with van der Waals surface area (Å²) in [5.74, 6) is -0.394. The van der Waals surface area contributed by atoms with Gasteiger partial charge in [-0.3, -0.25) is 4.79 Å². The number of nitrogens with one attached hydrogen (secondary N) is 1. The van der Waals surface area contributed by atoms with Gasteiger partial charge in [-0.05, 0) is 57.6 Å². The zero-order valence-electron chi connectivity index (χ0n) is 17.9. The Morgan fingerprint density at radius 2 is 1.80 bits per heavy atom. The number of β-amino-alcohol motifs (C(OH)–C–C–N with tert-alkyl or cyclic N) is 1. The van der Waals surface area contributed by atoms with Gasteiger partial charge in [0.2, 0.25) is 5.91 Å². The fourth-order valence-electron chi connectivity index (χ4n) is 5.58. The lowest BCUT2D eigenvalue weighted by molar-refractivity contribution is -0.118. The Labute approximate surface area is 178 Å². The monoisotopic (exact) mass is 414 g/mol. The fourth-order valence-corrected chi connectivity index (χ4v) is 5.58. The number of nitrogens with two attached hydrogens (primary N) is 1. The summed E-state index contributed by atoms with van der Waals surface area (Å²) in [7, 11) is 2.01. The number of hydrogen-bond acceptors (Lipinski definition) is 4. The first kappa shape index (κ1) is 21.1. The Bertz CT molecular complexity index is 785. The molecule has 7 nitrogen and oxygen atoms in total. The van der Waals surface area contributed by atoms with Crippen molar-refractivity contribution in [1.82, 2.24) is 15.1 Å². The number of amides is 3. The zero-order valence-corrected chi connectivity index (χ0v) is 17.9. The van der Waals surface area contributed by atoms with E-state index in [-0.39, 0.29) is 23.5 Å². The molecule has 1 saturated heterocycles. The third-order valence-electron chi connectivity index (χ3n) is 7.76. The molecule has 7 heteroatoms. The number of hydrogen-bond donors (Lipinski definition) is 3. The van der Waals surface area contributed by atoms with Crippen molar-refractivity contribution in [3.8, 4) is 0 Å². The maximum Gasteiger partial charge on any atom is 0.320 e. The lowest BCUT2D eigenvalue weighted by Gasteiger charge is -2.50. The molecular formula is C23H34N4O3. The average molecular weight is 415 g/mol. The smallest absolute Gasteiger partial charge is 0.320 e. The van der Waals surface area contributed by atoms with E-state index in [9.17, 15) is 14.7 Å². The summed E-state index contributed by atoms with van der Waals surface area (Å²) in [6.07, 6.45) is 6.23. The molecule has 3 aliphatic rings. The number of rotatable bonds is 7. The second kappa shape index (κ2) is 7.85. The molecule has 4 rings (SSSR count). The van der Waals surface area contributed by atoms with Crippen molar-refractivity contribution in [2.24, 2.45) is 5.73 Å². The van der Waals surface area contributed by atoms with Crippen molar-refractivity contribution in [2.75, 3.05) is 26.7 Å². The average Bonchev–Trinajstić information content (AvgIpc) is 2.98. The number of primary amides is 1. The predicted molar refractivity (Wildman–Crippen MR) is 115 cm³/mol. The van der Waals surface area contributed by atoms with Gasteiger partial charge in [0, 0.05) is 25.0 Å². The maximum absolute atomic E-state index is 13.3. The van der Waals surface area contributed by atoms with Crippen LogP contribution < -0.4 is 11.1 Å². The van der Waals surface area contributed by atoms with E-state index in [1.165, 1.54) is 5.56 Å². The van der Waals surface area contributed by atoms with Gasteiger partial charge in [0.1, 0.15) is 0 Å². The first-order valence-corrected chi connectivity index (χ1v) is 11.1. The van der Waals surface area contributed by atoms with Crippen LogP contribution >= 0.6 is 0 Å². The summed E-state index contributed by atoms with van der Waals surface area (Å²) in [5, 5.41) is 14.4. The van der Waals surface area contributed by atoms with Crippen molar-refractivity contribution in [3.63, 3.8) is 0 Å². The Morgan fingerprint density at radius 3 is 2.33 bits per heavy atom. The maximum atomic E-state index is 13.3. The first-order valence-electron chi connectivity index (χ1n) is 11.1. The normalized spacial score (nSPS) is 30.5. The second-order valence-corrected chi connectivity index (χ2v) is 9.51. The molecule has 0 unspecified atom stereocenters. The quantitative estimate of drug-likeness (QED) is 0.635. The van der Waals surface area contributed by atoms with Crippen LogP contribution in [0.25, 0.3) is 0 Å². The van der Waals surface area contributed by atoms with Gasteiger partial charge in [0.05, 0.1) is 17.7 Å². The van der Waals surface area contributed by atoms with Crippen LogP contribution in [0, 0.1) is 0 Å². The Kier molecular flexibility index (Phi) is 5.53. The van der Waals surface area contributed by atoms with Gasteiger partial charge in [-0.25, -0.2) is 4.79 Å². The van der Waals surface area contributed by atoms with Crippen LogP contribution in [0.4, 0.5) is 4.79 Å². The molecule has 0 atom stereocenters. The topological polar surface area (TPSA) is 98.9 Å². The Morgan fingerprint density at radius 1 is 1.13 bits per heavy atom. The van der Waals surface area contributed by atoms with Gasteiger partial charge >= 0.3 is 6.03 Å². The lowest BCUT2D eigenvalue weighted by Crippen LogP contribution is -2.59. The van der Waals surface area contributed by atoms with E-state index in [4.69, 9.17) is 5.73 Å². The number of aliphatic hydroxyl groups is 1. The molecule has 1 spiro atoms. The van der Waals surface area contributed by atoms with Crippen LogP contribution in [0.1, 0.15) is 56.9 Å². The molecule has 0 bridgehead atoms. The van der Waals surface area contributed by atoms with E-state index in [0.29, 0.717) is 19.6 Å². The molecule has 30 heavy (non-hydrogen) atoms. The van der Waals surface area contributed by atoms with Crippen LogP contribution in [-0.4, -0.2) is 64.7 Å². The number of nitrogens with zero attached hydrogens (tertiary/aromatic N) is 2. The molecule has 2 aliphatic carbocycles. The van der Waals surface area contributed by atoms with Gasteiger partial charge in [-0.15, -0.1) is 0 Å². The summed E-state index contributed by atoms with van der Waals surface area (Å²) in [5.41, 5.74) is 5.45. The Balaban J connectivity index is 1.56. The third kappa shape index (κ3) is 3.69. The fraction of sp³-hybridized carbons (Fsp3) is 0.652. The van der Waals surface area contributed by atoms with Crippen molar-refractivity contribution in [1.29, 1.82) is 0 Å². The minimum atomic E-state index is -0.765. The molecule has 1 aromatic rings. The van der Waals surface area contributed by atoms with Gasteiger partial charge < -0.3 is 26.0 Å². The summed E-state index contributed by atoms with van der Waals surface area (Å²) in [6.45, 7) is 1.33. The zero-order chi connectivity index (χ0) is 21.4. The van der Waals surface area contributed by atoms with E-state index in [2.05, 4.69) is 29.6 Å². The van der Waals surface area contributed by atoms with Crippen molar-refractivity contribution in [2.45, 2.75) is 68.0 Å². The number of urea groups is 1. The highest BCUT2D eigenvalue weighted by Crippen LogP contribution is 2.48. The lowest BCUT2D eigenvalue weighted by atomic mass is 9.68. The van der Waals surface area contributed by atoms with Crippen molar-refractivity contribution >= 4 is 11.9 Å². The standard InChI is InChI=1S/C23H34N4O3/c1-25-23(18-6-3-2-4-7-18)13-11-21(12-14-23)16-26(15-8-19(24)28)20(29)27(21)17-22(30)9-5-10-22/h2-4,6-7,25,30H,5,8-17H2,1H3,(H2,24,28)/t21-,23-. The highest BCUT2D eigenvalue weighted by Gasteiger charge is 2.55. The summed E-state index contributed by atoms with van der Waals surface area (Å²) >= 11 is 0. The number of carbonyl (C=O) groups excluding carboxylic acids is 2. The van der Waals surface area contributed by atoms with E-state index in [0.717, 1.165) is 44.9 Å². The molecule has 3 fully saturated rings. The largest absolute Gasteiger partial charge is 0.388 e. The first-order chi connectivity index (χ1) is 14.3. The number of carbonyl (C=O) groups is 2. The molecule has 1 heterocycles. The SMILES string of the molecule is CN[C@]1(c2ccccc2)CC[C@@]2(CC1)CN(CCC(N)=O)C(=O)N2CC1(O)CCC1. The van der Waals surface area contributed by atoms with Crippen LogP contribution in [0.5, 0.6) is 0 Å². The van der Waals surface area contributed by atoms with E-state index >= 15 is 0 Å². The summed E-state index contributed by atoms with van der Waals surface area (Å²) in [6, 6.07) is 10.5. The van der Waals surface area contributed by atoms with E-state index < -0.39 is 11.5 Å². The summed E-state index contributed by atoms with van der Waals surface area (Å²) < 4.78 is 0. The van der Waals surface area contributed by atoms with Gasteiger partial charge in [-0.2, -0.15) is 0 Å². The molecule has 164 valence electrons. The third-order valence-corrected chi connectivity index (χ3v) is 7.76. The van der Waals surface area contributed by atoms with Gasteiger partial charge in [-0.1, -0.05) is 30.3 Å². The van der Waals surface area contributed by atoms with Crippen LogP contribution in [-0.2, 0) is 10.3 Å². The molecular weight excluding hydrogens is 380 g/mol. The van der Waals surface area contributed by atoms with Gasteiger partial charge in [0.25, 0.3) is 0 Å². The molecule has 1 aliphatic heterocycles. The molecule has 0 aromatic heterocycles. The van der Waals surface area contributed by atoms with Crippen LogP contribution in [0.3, 0.4) is 0 Å². The van der Waals surface area contributed by atoms with E-state index in [1.807, 2.05) is 18.0 Å². The van der Waals surface area contributed by atoms with E-state index in [1.54, 1.807) is 4.90 Å². The predicted octanol–water partition coefficient (Wildman–Crippen LogP) is 1.94. The second-order valence-electron chi connectivity index (χ2n) is 9.51. The molecule has 0 radical (unpaired) electrons. The minimum Gasteiger partial charge on any atom is -0.388 e. The number of benzene rings is 1. The van der Waals surface area contributed by atoms with Crippen LogP contribution in [0.2, 0.25) is 0 Å². The highest BCUT2D eigenvalue weighted by molar-refractivity contribution is 5.80. The minimum absolute atomic E-state index is 0.0618. The molecule has 1 aromatic carbocycles. The van der Waals surface area contributed by atoms with Gasteiger partial charge in [0.15, 0.2) is 0 Å². The molecule has 2 saturated carbocycles. The summed E-state index contributed by atoms with van der Waals surface area (Å²) in [4.78, 5) is 28.3. The molecule has 4 N–H and O–H groups in total. The Hall–Kier alpha value is -2.12. The molecule has 3 amide bonds. The van der Waals surface area contributed by atoms with Crippen LogP contribution in [0.15, 0.2) is 30.3 Å². The van der Waals surface area contributed by atoms with Crippen molar-refractivity contribution < 1.29 is 14.7 Å². The van der Waals surface area contributed by atoms with Crippen molar-refractivity contribution in [3.05, 3.63) is 35.9 Å².